The molecule has 1 aromatic carbocycles. The smallest absolute Gasteiger partial charge is 0.307 e. The molecule has 0 spiro atoms. The number of methoxy groups -OCH3 is 1. The van der Waals surface area contributed by atoms with Gasteiger partial charge in [-0.1, -0.05) is 6.07 Å². The van der Waals surface area contributed by atoms with Gasteiger partial charge >= 0.3 is 5.97 Å². The molecule has 1 saturated heterocycles. The summed E-state index contributed by atoms with van der Waals surface area (Å²) in [5.41, 5.74) is 0.873. The molecule has 1 N–H and O–H groups in total. The molecule has 0 bridgehead atoms. The van der Waals surface area contributed by atoms with Crippen LogP contribution < -0.4 is 5.32 Å². The lowest BCUT2D eigenvalue weighted by Crippen LogP contribution is -2.49. The van der Waals surface area contributed by atoms with Gasteiger partial charge in [0.15, 0.2) is 0 Å². The Bertz CT molecular complexity index is 688. The number of halogens is 1. The minimum Gasteiger partial charge on any atom is -0.469 e. The van der Waals surface area contributed by atoms with E-state index in [1.165, 1.54) is 13.2 Å². The fourth-order valence-electron chi connectivity index (χ4n) is 2.84. The van der Waals surface area contributed by atoms with Crippen LogP contribution in [0.25, 0.3) is 0 Å². The average molecular weight is 379 g/mol. The second-order valence-electron chi connectivity index (χ2n) is 6.52. The Morgan fingerprint density at radius 2 is 1.85 bits per heavy atom. The molecule has 1 aliphatic rings. The number of nitrogens with zero attached hydrogens (tertiary/aromatic N) is 2. The number of rotatable bonds is 7. The molecular weight excluding hydrogens is 353 g/mol. The standard InChI is InChI=1S/C19H26FN3O4/c1-14-3-4-15(13-16(14)20)19(26)23-11-9-22(10-12-23)8-6-17(24)21-7-5-18(25)27-2/h3-4,13H,5-12H2,1-2H3,(H,21,24). The summed E-state index contributed by atoms with van der Waals surface area (Å²) in [4.78, 5) is 39.1. The highest BCUT2D eigenvalue weighted by molar-refractivity contribution is 5.94. The average Bonchev–Trinajstić information content (AvgIpc) is 2.68. The topological polar surface area (TPSA) is 79.0 Å². The van der Waals surface area contributed by atoms with E-state index in [1.54, 1.807) is 24.0 Å². The molecule has 0 saturated carbocycles. The van der Waals surface area contributed by atoms with E-state index in [4.69, 9.17) is 0 Å². The van der Waals surface area contributed by atoms with Gasteiger partial charge in [0.25, 0.3) is 5.91 Å². The van der Waals surface area contributed by atoms with Gasteiger partial charge < -0.3 is 15.0 Å². The summed E-state index contributed by atoms with van der Waals surface area (Å²) in [5, 5.41) is 2.68. The van der Waals surface area contributed by atoms with Crippen molar-refractivity contribution in [2.75, 3.05) is 46.4 Å². The van der Waals surface area contributed by atoms with Crippen LogP contribution in [0.4, 0.5) is 4.39 Å². The zero-order valence-corrected chi connectivity index (χ0v) is 15.8. The van der Waals surface area contributed by atoms with Crippen LogP contribution in [-0.4, -0.2) is 74.0 Å². The van der Waals surface area contributed by atoms with Gasteiger partial charge in [0.1, 0.15) is 5.82 Å². The Morgan fingerprint density at radius 1 is 1.15 bits per heavy atom. The molecule has 7 nitrogen and oxygen atoms in total. The molecule has 0 atom stereocenters. The molecule has 148 valence electrons. The van der Waals surface area contributed by atoms with Crippen molar-refractivity contribution in [2.45, 2.75) is 19.8 Å². The molecular formula is C19H26FN3O4. The summed E-state index contributed by atoms with van der Waals surface area (Å²) < 4.78 is 18.2. The third kappa shape index (κ3) is 6.32. The number of ether oxygens (including phenoxy) is 1. The molecule has 2 rings (SSSR count). The molecule has 0 aliphatic carbocycles. The number of piperazine rings is 1. The van der Waals surface area contributed by atoms with Gasteiger partial charge in [0.2, 0.25) is 5.91 Å². The largest absolute Gasteiger partial charge is 0.469 e. The van der Waals surface area contributed by atoms with Crippen molar-refractivity contribution < 1.29 is 23.5 Å². The maximum absolute atomic E-state index is 13.7. The van der Waals surface area contributed by atoms with Gasteiger partial charge in [-0.05, 0) is 24.6 Å². The number of nitrogens with one attached hydrogen (secondary N) is 1. The summed E-state index contributed by atoms with van der Waals surface area (Å²) in [5.74, 6) is -1.02. The van der Waals surface area contributed by atoms with Crippen molar-refractivity contribution in [3.8, 4) is 0 Å². The second kappa shape index (κ2) is 10.0. The van der Waals surface area contributed by atoms with Crippen LogP contribution in [0.2, 0.25) is 0 Å². The first-order valence-corrected chi connectivity index (χ1v) is 9.02. The zero-order valence-electron chi connectivity index (χ0n) is 15.8. The van der Waals surface area contributed by atoms with E-state index in [-0.39, 0.29) is 36.6 Å². The summed E-state index contributed by atoms with van der Waals surface area (Å²) in [6, 6.07) is 4.53. The van der Waals surface area contributed by atoms with Gasteiger partial charge in [0.05, 0.1) is 13.5 Å². The molecule has 0 unspecified atom stereocenters. The lowest BCUT2D eigenvalue weighted by atomic mass is 10.1. The molecule has 8 heteroatoms. The first-order valence-electron chi connectivity index (χ1n) is 9.02. The lowest BCUT2D eigenvalue weighted by Gasteiger charge is -2.34. The molecule has 27 heavy (non-hydrogen) atoms. The SMILES string of the molecule is COC(=O)CCNC(=O)CCN1CCN(C(=O)c2ccc(C)c(F)c2)CC1. The number of hydrogen-bond donors (Lipinski definition) is 1. The van der Waals surface area contributed by atoms with Crippen LogP contribution in [0.15, 0.2) is 18.2 Å². The molecule has 1 fully saturated rings. The molecule has 1 heterocycles. The Hall–Kier alpha value is -2.48. The molecule has 0 radical (unpaired) electrons. The van der Waals surface area contributed by atoms with Crippen LogP contribution in [0.5, 0.6) is 0 Å². The Balaban J connectivity index is 1.70. The van der Waals surface area contributed by atoms with Crippen molar-refractivity contribution in [3.05, 3.63) is 35.1 Å². The quantitative estimate of drug-likeness (QED) is 0.714. The highest BCUT2D eigenvalue weighted by atomic mass is 19.1. The van der Waals surface area contributed by atoms with Crippen molar-refractivity contribution in [1.82, 2.24) is 15.1 Å². The molecule has 2 amide bonds. The van der Waals surface area contributed by atoms with E-state index in [0.29, 0.717) is 50.3 Å². The van der Waals surface area contributed by atoms with Gasteiger partial charge in [0, 0.05) is 51.3 Å². The minimum atomic E-state index is -0.377. The third-order valence-corrected chi connectivity index (χ3v) is 4.61. The van der Waals surface area contributed by atoms with Gasteiger partial charge in [-0.25, -0.2) is 4.39 Å². The predicted molar refractivity (Wildman–Crippen MR) is 97.7 cm³/mol. The first-order chi connectivity index (χ1) is 12.9. The highest BCUT2D eigenvalue weighted by Gasteiger charge is 2.22. The normalized spacial score (nSPS) is 14.7. The molecule has 0 aromatic heterocycles. The number of carbonyl (C=O) groups is 3. The number of aryl methyl sites for hydroxylation is 1. The van der Waals surface area contributed by atoms with Crippen molar-refractivity contribution in [3.63, 3.8) is 0 Å². The summed E-state index contributed by atoms with van der Waals surface area (Å²) in [6.45, 7) is 4.92. The van der Waals surface area contributed by atoms with Crippen molar-refractivity contribution in [2.24, 2.45) is 0 Å². The molecule has 1 aliphatic heterocycles. The van der Waals surface area contributed by atoms with Crippen LogP contribution >= 0.6 is 0 Å². The van der Waals surface area contributed by atoms with Crippen molar-refractivity contribution in [1.29, 1.82) is 0 Å². The second-order valence-corrected chi connectivity index (χ2v) is 6.52. The van der Waals surface area contributed by atoms with Gasteiger partial charge in [-0.2, -0.15) is 0 Å². The summed E-state index contributed by atoms with van der Waals surface area (Å²) in [7, 11) is 1.31. The van der Waals surface area contributed by atoms with Crippen molar-refractivity contribution >= 4 is 17.8 Å². The maximum Gasteiger partial charge on any atom is 0.307 e. The predicted octanol–water partition coefficient (Wildman–Crippen LogP) is 0.961. The Morgan fingerprint density at radius 3 is 2.48 bits per heavy atom. The Labute approximate surface area is 158 Å². The monoisotopic (exact) mass is 379 g/mol. The van der Waals surface area contributed by atoms with E-state index in [1.807, 2.05) is 0 Å². The number of esters is 1. The lowest BCUT2D eigenvalue weighted by molar-refractivity contribution is -0.140. The Kier molecular flexibility index (Phi) is 7.72. The summed E-state index contributed by atoms with van der Waals surface area (Å²) in [6.07, 6.45) is 0.487. The number of hydrogen-bond acceptors (Lipinski definition) is 5. The van der Waals surface area contributed by atoms with Gasteiger partial charge in [-0.3, -0.25) is 19.3 Å². The maximum atomic E-state index is 13.7. The number of amides is 2. The van der Waals surface area contributed by atoms with E-state index < -0.39 is 0 Å². The summed E-state index contributed by atoms with van der Waals surface area (Å²) >= 11 is 0. The fourth-order valence-corrected chi connectivity index (χ4v) is 2.84. The number of carbonyl (C=O) groups excluding carboxylic acids is 3. The zero-order chi connectivity index (χ0) is 19.8. The van der Waals surface area contributed by atoms with E-state index in [0.717, 1.165) is 0 Å². The minimum absolute atomic E-state index is 0.118. The third-order valence-electron chi connectivity index (χ3n) is 4.61. The van der Waals surface area contributed by atoms with Crippen LogP contribution in [0.1, 0.15) is 28.8 Å². The molecule has 1 aromatic rings. The van der Waals surface area contributed by atoms with Crippen LogP contribution in [0, 0.1) is 12.7 Å². The highest BCUT2D eigenvalue weighted by Crippen LogP contribution is 2.13. The van der Waals surface area contributed by atoms with Gasteiger partial charge in [-0.15, -0.1) is 0 Å². The van der Waals surface area contributed by atoms with E-state index in [9.17, 15) is 18.8 Å². The fraction of sp³-hybridized carbons (Fsp3) is 0.526. The van der Waals surface area contributed by atoms with E-state index >= 15 is 0 Å². The van der Waals surface area contributed by atoms with Crippen LogP contribution in [-0.2, 0) is 14.3 Å². The first kappa shape index (κ1) is 20.8. The number of benzene rings is 1. The van der Waals surface area contributed by atoms with Crippen LogP contribution in [0.3, 0.4) is 0 Å². The van der Waals surface area contributed by atoms with E-state index in [2.05, 4.69) is 15.0 Å².